The van der Waals surface area contributed by atoms with Crippen LogP contribution in [-0.2, 0) is 9.59 Å². The van der Waals surface area contributed by atoms with Crippen LogP contribution in [0.5, 0.6) is 5.75 Å². The number of amides is 1. The average Bonchev–Trinajstić information content (AvgIpc) is 3.16. The van der Waals surface area contributed by atoms with Gasteiger partial charge in [0.1, 0.15) is 17.8 Å². The lowest BCUT2D eigenvalue weighted by atomic mass is 10.1. The number of carboxylic acids is 1. The first kappa shape index (κ1) is 13.4. The number of rotatable bonds is 6. The van der Waals surface area contributed by atoms with Gasteiger partial charge in [-0.3, -0.25) is 9.59 Å². The van der Waals surface area contributed by atoms with Gasteiger partial charge in [0.2, 0.25) is 5.91 Å². The molecule has 1 aromatic rings. The third-order valence-electron chi connectivity index (χ3n) is 3.24. The zero-order valence-corrected chi connectivity index (χ0v) is 10.8. The van der Waals surface area contributed by atoms with Gasteiger partial charge in [-0.15, -0.1) is 0 Å². The van der Waals surface area contributed by atoms with E-state index in [1.807, 2.05) is 31.2 Å². The van der Waals surface area contributed by atoms with Crippen LogP contribution in [0.1, 0.15) is 18.4 Å². The molecular weight excluding hydrogens is 246 g/mol. The van der Waals surface area contributed by atoms with Gasteiger partial charge in [0.05, 0.1) is 6.54 Å². The van der Waals surface area contributed by atoms with Crippen molar-refractivity contribution in [3.8, 4) is 5.75 Å². The van der Waals surface area contributed by atoms with Crippen molar-refractivity contribution in [3.05, 3.63) is 29.8 Å². The number of nitrogens with one attached hydrogen (secondary N) is 1. The zero-order valence-electron chi connectivity index (χ0n) is 10.8. The summed E-state index contributed by atoms with van der Waals surface area (Å²) < 4.78 is 5.47. The van der Waals surface area contributed by atoms with Crippen LogP contribution < -0.4 is 10.1 Å². The highest BCUT2D eigenvalue weighted by Crippen LogP contribution is 2.45. The molecule has 0 spiro atoms. The highest BCUT2D eigenvalue weighted by molar-refractivity contribution is 6.04. The van der Waals surface area contributed by atoms with E-state index in [-0.39, 0.29) is 0 Å². The van der Waals surface area contributed by atoms with Crippen LogP contribution in [0.3, 0.4) is 0 Å². The molecule has 0 aromatic heterocycles. The summed E-state index contributed by atoms with van der Waals surface area (Å²) in [6.45, 7) is 2.60. The number of aryl methyl sites for hydroxylation is 1. The lowest BCUT2D eigenvalue weighted by Gasteiger charge is -2.11. The number of hydrogen-bond acceptors (Lipinski definition) is 3. The van der Waals surface area contributed by atoms with Gasteiger partial charge >= 0.3 is 5.97 Å². The summed E-state index contributed by atoms with van der Waals surface area (Å²) in [5.41, 5.74) is -0.0760. The third-order valence-corrected chi connectivity index (χ3v) is 3.24. The molecule has 19 heavy (non-hydrogen) atoms. The lowest BCUT2D eigenvalue weighted by molar-refractivity contribution is -0.149. The summed E-state index contributed by atoms with van der Waals surface area (Å²) in [5.74, 6) is -0.703. The van der Waals surface area contributed by atoms with E-state index in [0.29, 0.717) is 26.0 Å². The van der Waals surface area contributed by atoms with Gasteiger partial charge in [-0.1, -0.05) is 12.1 Å². The maximum atomic E-state index is 11.7. The van der Waals surface area contributed by atoms with E-state index in [0.717, 1.165) is 11.3 Å². The normalized spacial score (nSPS) is 15.6. The van der Waals surface area contributed by atoms with Gasteiger partial charge in [0, 0.05) is 0 Å². The Morgan fingerprint density at radius 1 is 1.42 bits per heavy atom. The number of ether oxygens (including phenoxy) is 1. The van der Waals surface area contributed by atoms with Crippen molar-refractivity contribution in [1.29, 1.82) is 0 Å². The Morgan fingerprint density at radius 2 is 2.16 bits per heavy atom. The second kappa shape index (κ2) is 5.30. The van der Waals surface area contributed by atoms with Crippen LogP contribution in [0.2, 0.25) is 0 Å². The molecule has 0 unspecified atom stereocenters. The van der Waals surface area contributed by atoms with Gasteiger partial charge in [-0.25, -0.2) is 0 Å². The quantitative estimate of drug-likeness (QED) is 0.600. The van der Waals surface area contributed by atoms with Crippen LogP contribution in [0.15, 0.2) is 24.3 Å². The van der Waals surface area contributed by atoms with E-state index >= 15 is 0 Å². The standard InChI is InChI=1S/C14H17NO4/c1-10-3-2-4-11(9-10)19-8-7-15-12(16)14(5-6-14)13(17)18/h2-4,9H,5-8H2,1H3,(H,15,16)(H,17,18). The minimum Gasteiger partial charge on any atom is -0.492 e. The Bertz CT molecular complexity index is 494. The van der Waals surface area contributed by atoms with Crippen molar-refractivity contribution in [3.63, 3.8) is 0 Å². The molecule has 1 aliphatic carbocycles. The Hall–Kier alpha value is -2.04. The molecular formula is C14H17NO4. The molecule has 0 saturated heterocycles. The summed E-state index contributed by atoms with van der Waals surface area (Å²) >= 11 is 0. The van der Waals surface area contributed by atoms with Gasteiger partial charge in [0.25, 0.3) is 0 Å². The first-order valence-electron chi connectivity index (χ1n) is 6.26. The van der Waals surface area contributed by atoms with Crippen molar-refractivity contribution < 1.29 is 19.4 Å². The molecule has 0 radical (unpaired) electrons. The average molecular weight is 263 g/mol. The summed E-state index contributed by atoms with van der Waals surface area (Å²) in [4.78, 5) is 22.6. The van der Waals surface area contributed by atoms with Crippen molar-refractivity contribution in [2.75, 3.05) is 13.2 Å². The van der Waals surface area contributed by atoms with Crippen molar-refractivity contribution in [1.82, 2.24) is 5.32 Å². The van der Waals surface area contributed by atoms with E-state index in [2.05, 4.69) is 5.32 Å². The van der Waals surface area contributed by atoms with Crippen LogP contribution >= 0.6 is 0 Å². The molecule has 5 heteroatoms. The van der Waals surface area contributed by atoms with Crippen molar-refractivity contribution >= 4 is 11.9 Å². The fraction of sp³-hybridized carbons (Fsp3) is 0.429. The van der Waals surface area contributed by atoms with E-state index in [9.17, 15) is 9.59 Å². The Morgan fingerprint density at radius 3 is 2.74 bits per heavy atom. The largest absolute Gasteiger partial charge is 0.492 e. The Labute approximate surface area is 111 Å². The molecule has 0 bridgehead atoms. The van der Waals surface area contributed by atoms with E-state index in [1.54, 1.807) is 0 Å². The lowest BCUT2D eigenvalue weighted by Crippen LogP contribution is -2.38. The molecule has 0 atom stereocenters. The molecule has 102 valence electrons. The van der Waals surface area contributed by atoms with Gasteiger partial charge < -0.3 is 15.2 Å². The Balaban J connectivity index is 1.73. The highest BCUT2D eigenvalue weighted by Gasteiger charge is 2.56. The molecule has 1 fully saturated rings. The second-order valence-electron chi connectivity index (χ2n) is 4.81. The summed E-state index contributed by atoms with van der Waals surface area (Å²) in [6, 6.07) is 7.61. The van der Waals surface area contributed by atoms with Crippen molar-refractivity contribution in [2.24, 2.45) is 5.41 Å². The van der Waals surface area contributed by atoms with Crippen LogP contribution in [0.25, 0.3) is 0 Å². The third kappa shape index (κ3) is 3.05. The van der Waals surface area contributed by atoms with E-state index in [4.69, 9.17) is 9.84 Å². The van der Waals surface area contributed by atoms with E-state index < -0.39 is 17.3 Å². The SMILES string of the molecule is Cc1cccc(OCCNC(=O)C2(C(=O)O)CC2)c1. The molecule has 1 saturated carbocycles. The van der Waals surface area contributed by atoms with Gasteiger partial charge in [-0.05, 0) is 37.5 Å². The maximum Gasteiger partial charge on any atom is 0.319 e. The number of hydrogen-bond donors (Lipinski definition) is 2. The number of carbonyl (C=O) groups excluding carboxylic acids is 1. The molecule has 0 aliphatic heterocycles. The van der Waals surface area contributed by atoms with Crippen molar-refractivity contribution in [2.45, 2.75) is 19.8 Å². The number of carbonyl (C=O) groups is 2. The first-order chi connectivity index (χ1) is 9.04. The van der Waals surface area contributed by atoms with Crippen LogP contribution in [0.4, 0.5) is 0 Å². The number of aliphatic carboxylic acids is 1. The highest BCUT2D eigenvalue weighted by atomic mass is 16.5. The molecule has 1 aliphatic rings. The smallest absolute Gasteiger partial charge is 0.319 e. The minimum atomic E-state index is -1.18. The monoisotopic (exact) mass is 263 g/mol. The summed E-state index contributed by atoms with van der Waals surface area (Å²) in [7, 11) is 0. The second-order valence-corrected chi connectivity index (χ2v) is 4.81. The molecule has 2 rings (SSSR count). The predicted molar refractivity (Wildman–Crippen MR) is 69.0 cm³/mol. The number of carboxylic acid groups (broad SMARTS) is 1. The number of benzene rings is 1. The first-order valence-corrected chi connectivity index (χ1v) is 6.26. The minimum absolute atomic E-state index is 0.307. The predicted octanol–water partition coefficient (Wildman–Crippen LogP) is 1.35. The van der Waals surface area contributed by atoms with E-state index in [1.165, 1.54) is 0 Å². The molecule has 0 heterocycles. The summed E-state index contributed by atoms with van der Waals surface area (Å²) in [6.07, 6.45) is 0.847. The molecule has 2 N–H and O–H groups in total. The Kier molecular flexibility index (Phi) is 3.74. The molecule has 1 aromatic carbocycles. The summed E-state index contributed by atoms with van der Waals surface area (Å²) in [5, 5.41) is 11.6. The van der Waals surface area contributed by atoms with Crippen LogP contribution in [-0.4, -0.2) is 30.1 Å². The molecule has 1 amide bonds. The maximum absolute atomic E-state index is 11.7. The van der Waals surface area contributed by atoms with Gasteiger partial charge in [-0.2, -0.15) is 0 Å². The van der Waals surface area contributed by atoms with Crippen LogP contribution in [0, 0.1) is 12.3 Å². The fourth-order valence-electron chi connectivity index (χ4n) is 1.87. The molecule has 5 nitrogen and oxygen atoms in total. The topological polar surface area (TPSA) is 75.6 Å². The zero-order chi connectivity index (χ0) is 13.9. The van der Waals surface area contributed by atoms with Gasteiger partial charge in [0.15, 0.2) is 0 Å². The fourth-order valence-corrected chi connectivity index (χ4v) is 1.87.